The summed E-state index contributed by atoms with van der Waals surface area (Å²) in [5.41, 5.74) is 7.26. The number of aromatic nitrogens is 1. The first kappa shape index (κ1) is 14.3. The Bertz CT molecular complexity index is 655. The first-order valence-electron chi connectivity index (χ1n) is 6.68. The highest BCUT2D eigenvalue weighted by Gasteiger charge is 2.21. The van der Waals surface area contributed by atoms with Crippen LogP contribution in [0.15, 0.2) is 30.3 Å². The molecule has 4 heteroatoms. The van der Waals surface area contributed by atoms with E-state index in [4.69, 9.17) is 5.73 Å². The number of anilines is 1. The Morgan fingerprint density at radius 1 is 1.35 bits per heavy atom. The average Bonchev–Trinajstić information content (AvgIpc) is 2.45. The van der Waals surface area contributed by atoms with Crippen LogP contribution in [0.5, 0.6) is 0 Å². The van der Waals surface area contributed by atoms with Crippen molar-refractivity contribution >= 4 is 16.7 Å². The van der Waals surface area contributed by atoms with Crippen molar-refractivity contribution in [3.63, 3.8) is 0 Å². The number of rotatable bonds is 4. The largest absolute Gasteiger partial charge is 0.358 e. The molecule has 0 unspecified atom stereocenters. The average molecular weight is 268 g/mol. The third-order valence-electron chi connectivity index (χ3n) is 3.40. The molecule has 2 rings (SSSR count). The molecule has 0 amide bonds. The molecule has 1 aromatic heterocycles. The summed E-state index contributed by atoms with van der Waals surface area (Å²) < 4.78 is 0. The first-order chi connectivity index (χ1) is 9.46. The highest BCUT2D eigenvalue weighted by Crippen LogP contribution is 2.25. The number of nitrogens with zero attached hydrogens (tertiary/aromatic N) is 3. The van der Waals surface area contributed by atoms with Crippen molar-refractivity contribution in [1.29, 1.82) is 5.26 Å². The normalized spacial score (nSPS) is 11.3. The molecule has 0 bridgehead atoms. The van der Waals surface area contributed by atoms with Gasteiger partial charge in [-0.15, -0.1) is 0 Å². The van der Waals surface area contributed by atoms with E-state index in [1.54, 1.807) is 0 Å². The van der Waals surface area contributed by atoms with Crippen LogP contribution in [0.3, 0.4) is 0 Å². The number of benzene rings is 1. The van der Waals surface area contributed by atoms with E-state index >= 15 is 0 Å². The zero-order chi connectivity index (χ0) is 14.8. The van der Waals surface area contributed by atoms with Crippen LogP contribution in [0.4, 0.5) is 5.82 Å². The topological polar surface area (TPSA) is 65.9 Å². The minimum absolute atomic E-state index is 0.0190. The summed E-state index contributed by atoms with van der Waals surface area (Å²) in [4.78, 5) is 6.64. The number of nitriles is 1. The van der Waals surface area contributed by atoms with Gasteiger partial charge in [-0.2, -0.15) is 5.26 Å². The monoisotopic (exact) mass is 268 g/mol. The molecule has 2 N–H and O–H groups in total. The molecular weight excluding hydrogens is 248 g/mol. The fourth-order valence-corrected chi connectivity index (χ4v) is 2.26. The van der Waals surface area contributed by atoms with Gasteiger partial charge in [-0.3, -0.25) is 0 Å². The molecule has 0 saturated carbocycles. The zero-order valence-electron chi connectivity index (χ0n) is 12.2. The lowest BCUT2D eigenvalue weighted by Gasteiger charge is -2.30. The lowest BCUT2D eigenvalue weighted by atomic mass is 9.93. The first-order valence-corrected chi connectivity index (χ1v) is 6.68. The van der Waals surface area contributed by atoms with Gasteiger partial charge in [0, 0.05) is 19.0 Å². The second-order valence-electron chi connectivity index (χ2n) is 5.89. The summed E-state index contributed by atoms with van der Waals surface area (Å²) in [6, 6.07) is 12.0. The van der Waals surface area contributed by atoms with Crippen LogP contribution in [-0.4, -0.2) is 25.1 Å². The Kier molecular flexibility index (Phi) is 3.91. The van der Waals surface area contributed by atoms with Crippen molar-refractivity contribution in [2.24, 2.45) is 11.1 Å². The second kappa shape index (κ2) is 5.48. The predicted molar refractivity (Wildman–Crippen MR) is 82.6 cm³/mol. The summed E-state index contributed by atoms with van der Waals surface area (Å²) in [6.45, 7) is 5.56. The molecule has 1 heterocycles. The fraction of sp³-hybridized carbons (Fsp3) is 0.375. The third-order valence-corrected chi connectivity index (χ3v) is 3.40. The minimum Gasteiger partial charge on any atom is -0.358 e. The Labute approximate surface area is 119 Å². The van der Waals surface area contributed by atoms with E-state index in [0.29, 0.717) is 17.9 Å². The Balaban J connectivity index is 2.45. The molecule has 0 aliphatic rings. The summed E-state index contributed by atoms with van der Waals surface area (Å²) in [6.07, 6.45) is 0. The summed E-state index contributed by atoms with van der Waals surface area (Å²) in [5.74, 6) is 0.715. The minimum atomic E-state index is -0.0190. The Morgan fingerprint density at radius 3 is 2.70 bits per heavy atom. The van der Waals surface area contributed by atoms with Crippen LogP contribution in [0.25, 0.3) is 10.9 Å². The molecule has 0 spiro atoms. The number of nitrogens with two attached hydrogens (primary N) is 1. The summed E-state index contributed by atoms with van der Waals surface area (Å²) in [5, 5.41) is 10.3. The highest BCUT2D eigenvalue weighted by atomic mass is 15.2. The second-order valence-corrected chi connectivity index (χ2v) is 5.89. The van der Waals surface area contributed by atoms with E-state index in [9.17, 15) is 5.26 Å². The van der Waals surface area contributed by atoms with Crippen LogP contribution in [-0.2, 0) is 0 Å². The number of hydrogen-bond donors (Lipinski definition) is 1. The molecule has 0 aliphatic carbocycles. The molecule has 0 aliphatic heterocycles. The van der Waals surface area contributed by atoms with Gasteiger partial charge in [0.25, 0.3) is 0 Å². The smallest absolute Gasteiger partial charge is 0.147 e. The van der Waals surface area contributed by atoms with Crippen molar-refractivity contribution in [2.45, 2.75) is 13.8 Å². The van der Waals surface area contributed by atoms with E-state index in [-0.39, 0.29) is 5.41 Å². The van der Waals surface area contributed by atoms with Gasteiger partial charge >= 0.3 is 0 Å². The fourth-order valence-electron chi connectivity index (χ4n) is 2.26. The van der Waals surface area contributed by atoms with Crippen molar-refractivity contribution in [3.05, 3.63) is 35.9 Å². The van der Waals surface area contributed by atoms with Gasteiger partial charge in [-0.25, -0.2) is 4.98 Å². The molecule has 0 fully saturated rings. The molecule has 2 aromatic rings. The van der Waals surface area contributed by atoms with Crippen LogP contribution in [0.1, 0.15) is 19.4 Å². The van der Waals surface area contributed by atoms with Gasteiger partial charge in [0.15, 0.2) is 0 Å². The molecule has 104 valence electrons. The zero-order valence-corrected chi connectivity index (χ0v) is 12.2. The maximum Gasteiger partial charge on any atom is 0.147 e. The molecule has 4 nitrogen and oxygen atoms in total. The maximum atomic E-state index is 9.34. The Morgan fingerprint density at radius 2 is 2.05 bits per heavy atom. The lowest BCUT2D eigenvalue weighted by Crippen LogP contribution is -2.37. The van der Waals surface area contributed by atoms with Crippen molar-refractivity contribution in [1.82, 2.24) is 4.98 Å². The van der Waals surface area contributed by atoms with Crippen LogP contribution in [0, 0.1) is 16.7 Å². The molecule has 20 heavy (non-hydrogen) atoms. The molecule has 0 atom stereocenters. The maximum absolute atomic E-state index is 9.34. The Hall–Kier alpha value is -2.12. The van der Waals surface area contributed by atoms with Crippen LogP contribution in [0.2, 0.25) is 0 Å². The molecule has 0 saturated heterocycles. The van der Waals surface area contributed by atoms with Gasteiger partial charge in [0.05, 0.1) is 11.1 Å². The lowest BCUT2D eigenvalue weighted by molar-refractivity contribution is 0.384. The van der Waals surface area contributed by atoms with Crippen LogP contribution >= 0.6 is 0 Å². The summed E-state index contributed by atoms with van der Waals surface area (Å²) in [7, 11) is 1.95. The standard InChI is InChI=1S/C16H20N4/c1-16(2,10-18)11-20(3)15-13(9-17)8-12-6-4-5-7-14(12)19-15/h4-8H,10-11,18H2,1-3H3. The van der Waals surface area contributed by atoms with Crippen molar-refractivity contribution in [3.8, 4) is 6.07 Å². The SMILES string of the molecule is CN(CC(C)(C)CN)c1nc2ccccc2cc1C#N. The van der Waals surface area contributed by atoms with Gasteiger partial charge < -0.3 is 10.6 Å². The number of pyridine rings is 1. The van der Waals surface area contributed by atoms with Crippen molar-refractivity contribution in [2.75, 3.05) is 25.0 Å². The third kappa shape index (κ3) is 2.89. The molecular formula is C16H20N4. The van der Waals surface area contributed by atoms with E-state index in [0.717, 1.165) is 17.4 Å². The van der Waals surface area contributed by atoms with E-state index in [1.165, 1.54) is 0 Å². The van der Waals surface area contributed by atoms with Crippen molar-refractivity contribution < 1.29 is 0 Å². The van der Waals surface area contributed by atoms with Gasteiger partial charge in [-0.05, 0) is 24.1 Å². The molecule has 1 aromatic carbocycles. The van der Waals surface area contributed by atoms with Gasteiger partial charge in [0.1, 0.15) is 11.9 Å². The predicted octanol–water partition coefficient (Wildman–Crippen LogP) is 2.53. The number of fused-ring (bicyclic) bond motifs is 1. The highest BCUT2D eigenvalue weighted by molar-refractivity contribution is 5.83. The van der Waals surface area contributed by atoms with Gasteiger partial charge in [-0.1, -0.05) is 32.0 Å². The van der Waals surface area contributed by atoms with E-state index in [2.05, 4.69) is 24.9 Å². The number of hydrogen-bond acceptors (Lipinski definition) is 4. The number of para-hydroxylation sites is 1. The van der Waals surface area contributed by atoms with E-state index in [1.807, 2.05) is 42.3 Å². The summed E-state index contributed by atoms with van der Waals surface area (Å²) >= 11 is 0. The molecule has 0 radical (unpaired) electrons. The van der Waals surface area contributed by atoms with E-state index < -0.39 is 0 Å². The quantitative estimate of drug-likeness (QED) is 0.925. The van der Waals surface area contributed by atoms with Crippen LogP contribution < -0.4 is 10.6 Å². The van der Waals surface area contributed by atoms with Gasteiger partial charge in [0.2, 0.25) is 0 Å².